The summed E-state index contributed by atoms with van der Waals surface area (Å²) in [5, 5.41) is 3.21. The Morgan fingerprint density at radius 1 is 1.26 bits per heavy atom. The van der Waals surface area contributed by atoms with Gasteiger partial charge in [0.15, 0.2) is 0 Å². The van der Waals surface area contributed by atoms with E-state index in [1.54, 1.807) is 6.07 Å². The summed E-state index contributed by atoms with van der Waals surface area (Å²) in [6, 6.07) is 5.74. The molecule has 1 aromatic rings. The molecule has 1 aromatic carbocycles. The van der Waals surface area contributed by atoms with Crippen molar-refractivity contribution in [3.8, 4) is 0 Å². The summed E-state index contributed by atoms with van der Waals surface area (Å²) in [7, 11) is 2.05. The maximum absolute atomic E-state index is 14.0. The van der Waals surface area contributed by atoms with Crippen LogP contribution in [0.3, 0.4) is 0 Å². The van der Waals surface area contributed by atoms with Crippen LogP contribution in [0.25, 0.3) is 0 Å². The Hall–Kier alpha value is -1.09. The molecule has 0 bridgehead atoms. The van der Waals surface area contributed by atoms with Crippen LogP contribution in [0.4, 0.5) is 10.1 Å². The van der Waals surface area contributed by atoms with Crippen molar-refractivity contribution in [1.82, 2.24) is 5.32 Å². The number of anilines is 1. The molecule has 0 saturated carbocycles. The van der Waals surface area contributed by atoms with Crippen LogP contribution < -0.4 is 10.2 Å². The van der Waals surface area contributed by atoms with Crippen molar-refractivity contribution in [2.24, 2.45) is 5.92 Å². The lowest BCUT2D eigenvalue weighted by molar-refractivity contribution is 0.501. The van der Waals surface area contributed by atoms with Crippen molar-refractivity contribution < 1.29 is 4.39 Å². The Labute approximate surface area is 117 Å². The lowest BCUT2D eigenvalue weighted by atomic mass is 10.0. The molecular formula is C16H27FN2. The van der Waals surface area contributed by atoms with Gasteiger partial charge in [0.1, 0.15) is 5.82 Å². The Bertz CT molecular complexity index is 390. The molecule has 1 atom stereocenters. The van der Waals surface area contributed by atoms with Gasteiger partial charge in [0.2, 0.25) is 0 Å². The van der Waals surface area contributed by atoms with Gasteiger partial charge in [-0.25, -0.2) is 4.39 Å². The van der Waals surface area contributed by atoms with Gasteiger partial charge in [-0.1, -0.05) is 26.8 Å². The highest BCUT2D eigenvalue weighted by Gasteiger charge is 2.16. The van der Waals surface area contributed by atoms with Gasteiger partial charge in [0.05, 0.1) is 0 Å². The molecule has 0 radical (unpaired) electrons. The fourth-order valence-corrected chi connectivity index (χ4v) is 2.38. The van der Waals surface area contributed by atoms with E-state index >= 15 is 0 Å². The number of hydrogen-bond donors (Lipinski definition) is 1. The summed E-state index contributed by atoms with van der Waals surface area (Å²) in [6.07, 6.45) is 1.10. The fraction of sp³-hybridized carbons (Fsp3) is 0.625. The predicted molar refractivity (Wildman–Crippen MR) is 81.1 cm³/mol. The molecule has 0 heterocycles. The first-order chi connectivity index (χ1) is 8.97. The molecule has 108 valence electrons. The van der Waals surface area contributed by atoms with E-state index in [1.165, 1.54) is 6.07 Å². The second-order valence-corrected chi connectivity index (χ2v) is 5.61. The maximum Gasteiger partial charge on any atom is 0.129 e. The second-order valence-electron chi connectivity index (χ2n) is 5.61. The minimum Gasteiger partial charge on any atom is -0.372 e. The van der Waals surface area contributed by atoms with Crippen molar-refractivity contribution in [2.75, 3.05) is 18.5 Å². The van der Waals surface area contributed by atoms with E-state index < -0.39 is 0 Å². The third-order valence-electron chi connectivity index (χ3n) is 3.50. The molecule has 0 aromatic heterocycles. The quantitative estimate of drug-likeness (QED) is 0.807. The SMILES string of the molecule is CCNCc1c(F)cccc1N(C)C(C)CC(C)C. The molecule has 0 saturated heterocycles. The van der Waals surface area contributed by atoms with Crippen molar-refractivity contribution in [3.63, 3.8) is 0 Å². The highest BCUT2D eigenvalue weighted by molar-refractivity contribution is 5.54. The van der Waals surface area contributed by atoms with Gasteiger partial charge < -0.3 is 10.2 Å². The van der Waals surface area contributed by atoms with Gasteiger partial charge in [-0.15, -0.1) is 0 Å². The van der Waals surface area contributed by atoms with Crippen LogP contribution in [0.2, 0.25) is 0 Å². The van der Waals surface area contributed by atoms with Crippen LogP contribution in [0.15, 0.2) is 18.2 Å². The number of halogens is 1. The maximum atomic E-state index is 14.0. The summed E-state index contributed by atoms with van der Waals surface area (Å²) in [6.45, 7) is 10.1. The third-order valence-corrected chi connectivity index (χ3v) is 3.50. The van der Waals surface area contributed by atoms with Gasteiger partial charge in [-0.3, -0.25) is 0 Å². The Kier molecular flexibility index (Phi) is 6.29. The van der Waals surface area contributed by atoms with Crippen LogP contribution in [0, 0.1) is 11.7 Å². The van der Waals surface area contributed by atoms with Crippen LogP contribution in [0.1, 0.15) is 39.7 Å². The standard InChI is InChI=1S/C16H27FN2/c1-6-18-11-14-15(17)8-7-9-16(14)19(5)13(4)10-12(2)3/h7-9,12-13,18H,6,10-11H2,1-5H3. The van der Waals surface area contributed by atoms with E-state index in [0.29, 0.717) is 18.5 Å². The number of hydrogen-bond acceptors (Lipinski definition) is 2. The monoisotopic (exact) mass is 266 g/mol. The van der Waals surface area contributed by atoms with Gasteiger partial charge in [-0.05, 0) is 37.9 Å². The molecule has 0 aliphatic heterocycles. The fourth-order valence-electron chi connectivity index (χ4n) is 2.38. The Balaban J connectivity index is 2.94. The molecule has 3 heteroatoms. The van der Waals surface area contributed by atoms with E-state index in [-0.39, 0.29) is 5.82 Å². The molecule has 0 aliphatic carbocycles. The van der Waals surface area contributed by atoms with Crippen molar-refractivity contribution in [3.05, 3.63) is 29.6 Å². The highest BCUT2D eigenvalue weighted by Crippen LogP contribution is 2.25. The zero-order chi connectivity index (χ0) is 14.4. The van der Waals surface area contributed by atoms with Crippen molar-refractivity contribution in [2.45, 2.75) is 46.7 Å². The number of benzene rings is 1. The molecule has 19 heavy (non-hydrogen) atoms. The van der Waals surface area contributed by atoms with Gasteiger partial charge >= 0.3 is 0 Å². The first kappa shape index (κ1) is 16.0. The minimum absolute atomic E-state index is 0.123. The van der Waals surface area contributed by atoms with E-state index in [4.69, 9.17) is 0 Å². The molecule has 0 amide bonds. The van der Waals surface area contributed by atoms with E-state index in [0.717, 1.165) is 24.2 Å². The molecule has 1 N–H and O–H groups in total. The van der Waals surface area contributed by atoms with Gasteiger partial charge in [0.25, 0.3) is 0 Å². The Morgan fingerprint density at radius 3 is 2.53 bits per heavy atom. The van der Waals surface area contributed by atoms with E-state index in [1.807, 2.05) is 13.0 Å². The number of nitrogens with zero attached hydrogens (tertiary/aromatic N) is 1. The normalized spacial score (nSPS) is 12.8. The molecule has 1 unspecified atom stereocenters. The van der Waals surface area contributed by atoms with E-state index in [9.17, 15) is 4.39 Å². The number of rotatable bonds is 7. The molecule has 0 spiro atoms. The van der Waals surface area contributed by atoms with Crippen LogP contribution in [0.5, 0.6) is 0 Å². The lowest BCUT2D eigenvalue weighted by Crippen LogP contribution is -2.31. The first-order valence-electron chi connectivity index (χ1n) is 7.18. The molecule has 0 aliphatic rings. The predicted octanol–water partition coefficient (Wildman–Crippen LogP) is 3.81. The topological polar surface area (TPSA) is 15.3 Å². The summed E-state index contributed by atoms with van der Waals surface area (Å²) < 4.78 is 14.0. The molecule has 2 nitrogen and oxygen atoms in total. The van der Waals surface area contributed by atoms with Crippen molar-refractivity contribution in [1.29, 1.82) is 0 Å². The first-order valence-corrected chi connectivity index (χ1v) is 7.18. The average molecular weight is 266 g/mol. The van der Waals surface area contributed by atoms with Crippen LogP contribution >= 0.6 is 0 Å². The Morgan fingerprint density at radius 2 is 1.95 bits per heavy atom. The molecular weight excluding hydrogens is 239 g/mol. The van der Waals surface area contributed by atoms with E-state index in [2.05, 4.69) is 38.0 Å². The highest BCUT2D eigenvalue weighted by atomic mass is 19.1. The second kappa shape index (κ2) is 7.49. The average Bonchev–Trinajstić information content (AvgIpc) is 2.35. The number of nitrogens with one attached hydrogen (secondary N) is 1. The summed E-state index contributed by atoms with van der Waals surface area (Å²) >= 11 is 0. The van der Waals surface area contributed by atoms with Gasteiger partial charge in [0, 0.05) is 30.9 Å². The van der Waals surface area contributed by atoms with Crippen LogP contribution in [-0.4, -0.2) is 19.6 Å². The van der Waals surface area contributed by atoms with Crippen LogP contribution in [-0.2, 0) is 6.54 Å². The smallest absolute Gasteiger partial charge is 0.129 e. The summed E-state index contributed by atoms with van der Waals surface area (Å²) in [4.78, 5) is 2.19. The summed E-state index contributed by atoms with van der Waals surface area (Å²) in [5.74, 6) is 0.519. The zero-order valence-electron chi connectivity index (χ0n) is 12.8. The zero-order valence-corrected chi connectivity index (χ0v) is 12.8. The largest absolute Gasteiger partial charge is 0.372 e. The lowest BCUT2D eigenvalue weighted by Gasteiger charge is -2.30. The minimum atomic E-state index is -0.123. The van der Waals surface area contributed by atoms with Crippen molar-refractivity contribution >= 4 is 5.69 Å². The molecule has 1 rings (SSSR count). The molecule has 0 fully saturated rings. The van der Waals surface area contributed by atoms with Gasteiger partial charge in [-0.2, -0.15) is 0 Å². The third kappa shape index (κ3) is 4.50. The summed E-state index contributed by atoms with van der Waals surface area (Å²) in [5.41, 5.74) is 1.76.